The van der Waals surface area contributed by atoms with Crippen LogP contribution in [-0.2, 0) is 15.6 Å². The second kappa shape index (κ2) is 8.11. The first-order valence-corrected chi connectivity index (χ1v) is 10.9. The van der Waals surface area contributed by atoms with Gasteiger partial charge in [0.2, 0.25) is 15.9 Å². The minimum absolute atomic E-state index is 0.0623. The van der Waals surface area contributed by atoms with Crippen LogP contribution in [0.5, 0.6) is 5.75 Å². The van der Waals surface area contributed by atoms with Gasteiger partial charge < -0.3 is 14.6 Å². The molecule has 1 aromatic heterocycles. The van der Waals surface area contributed by atoms with Gasteiger partial charge in [-0.3, -0.25) is 4.79 Å². The topological polar surface area (TPSA) is 123 Å². The molecule has 1 saturated carbocycles. The summed E-state index contributed by atoms with van der Waals surface area (Å²) in [5, 5.41) is 6.66. The van der Waals surface area contributed by atoms with Crippen LogP contribution in [0.15, 0.2) is 27.6 Å². The van der Waals surface area contributed by atoms with Gasteiger partial charge >= 0.3 is 0 Å². The van der Waals surface area contributed by atoms with Crippen LogP contribution in [0.4, 0.5) is 0 Å². The number of nitrogens with one attached hydrogen (secondary N) is 2. The molecule has 2 N–H and O–H groups in total. The predicted molar refractivity (Wildman–Crippen MR) is 105 cm³/mol. The van der Waals surface area contributed by atoms with Crippen molar-refractivity contribution in [2.24, 2.45) is 0 Å². The Balaban J connectivity index is 1.86. The van der Waals surface area contributed by atoms with Crippen molar-refractivity contribution in [3.8, 4) is 5.75 Å². The van der Waals surface area contributed by atoms with Crippen molar-refractivity contribution in [2.75, 3.05) is 7.11 Å². The number of hydrogen-bond donors (Lipinski definition) is 2. The van der Waals surface area contributed by atoms with Crippen molar-refractivity contribution in [2.45, 2.75) is 62.9 Å². The second-order valence-corrected chi connectivity index (χ2v) is 9.37. The zero-order chi connectivity index (χ0) is 21.2. The highest BCUT2D eigenvalue weighted by Crippen LogP contribution is 2.28. The van der Waals surface area contributed by atoms with Crippen LogP contribution in [0, 0.1) is 6.92 Å². The Bertz CT molecular complexity index is 994. The van der Waals surface area contributed by atoms with Crippen molar-refractivity contribution in [3.63, 3.8) is 0 Å². The van der Waals surface area contributed by atoms with Crippen LogP contribution >= 0.6 is 0 Å². The predicted octanol–water partition coefficient (Wildman–Crippen LogP) is 2.27. The van der Waals surface area contributed by atoms with Crippen LogP contribution in [-0.4, -0.2) is 37.6 Å². The molecule has 10 heteroatoms. The highest BCUT2D eigenvalue weighted by Gasteiger charge is 2.30. The lowest BCUT2D eigenvalue weighted by atomic mass is 10.0. The maximum atomic E-state index is 12.9. The van der Waals surface area contributed by atoms with E-state index in [1.165, 1.54) is 25.3 Å². The minimum atomic E-state index is -3.83. The first-order chi connectivity index (χ1) is 13.6. The van der Waals surface area contributed by atoms with E-state index in [1.807, 2.05) is 0 Å². The highest BCUT2D eigenvalue weighted by molar-refractivity contribution is 7.89. The Kier molecular flexibility index (Phi) is 5.95. The SMILES string of the molecule is COc1ccc(C(=O)NC(C)(C)c2noc(C)n2)cc1S(=O)(=O)NC1CCCC1. The van der Waals surface area contributed by atoms with E-state index in [0.29, 0.717) is 11.7 Å². The summed E-state index contributed by atoms with van der Waals surface area (Å²) >= 11 is 0. The number of benzene rings is 1. The fourth-order valence-corrected chi connectivity index (χ4v) is 4.82. The third-order valence-electron chi connectivity index (χ3n) is 4.90. The molecule has 0 radical (unpaired) electrons. The van der Waals surface area contributed by atoms with E-state index in [1.54, 1.807) is 20.8 Å². The molecule has 0 saturated heterocycles. The zero-order valence-electron chi connectivity index (χ0n) is 17.0. The van der Waals surface area contributed by atoms with E-state index in [0.717, 1.165) is 25.7 Å². The number of aromatic nitrogens is 2. The number of hydrogen-bond acceptors (Lipinski definition) is 7. The molecule has 0 aliphatic heterocycles. The molecule has 2 aromatic rings. The molecule has 0 atom stereocenters. The van der Waals surface area contributed by atoms with Gasteiger partial charge in [-0.05, 0) is 44.9 Å². The molecule has 158 valence electrons. The molecule has 0 bridgehead atoms. The van der Waals surface area contributed by atoms with E-state index in [4.69, 9.17) is 9.26 Å². The molecule has 0 unspecified atom stereocenters. The molecule has 9 nitrogen and oxygen atoms in total. The lowest BCUT2D eigenvalue weighted by Crippen LogP contribution is -2.42. The summed E-state index contributed by atoms with van der Waals surface area (Å²) in [4.78, 5) is 16.9. The van der Waals surface area contributed by atoms with Gasteiger partial charge in [-0.1, -0.05) is 18.0 Å². The average Bonchev–Trinajstić information content (AvgIpc) is 3.32. The molecule has 1 aromatic carbocycles. The first-order valence-electron chi connectivity index (χ1n) is 9.46. The molecule has 0 spiro atoms. The summed E-state index contributed by atoms with van der Waals surface area (Å²) in [5.41, 5.74) is -0.721. The van der Waals surface area contributed by atoms with Gasteiger partial charge in [0.1, 0.15) is 10.6 Å². The Morgan fingerprint density at radius 1 is 1.28 bits per heavy atom. The monoisotopic (exact) mass is 422 g/mol. The summed E-state index contributed by atoms with van der Waals surface area (Å²) < 4.78 is 38.7. The smallest absolute Gasteiger partial charge is 0.252 e. The average molecular weight is 423 g/mol. The minimum Gasteiger partial charge on any atom is -0.495 e. The number of rotatable bonds is 7. The maximum absolute atomic E-state index is 12.9. The van der Waals surface area contributed by atoms with Gasteiger partial charge in [-0.2, -0.15) is 4.98 Å². The fraction of sp³-hybridized carbons (Fsp3) is 0.526. The number of aryl methyl sites for hydroxylation is 1. The van der Waals surface area contributed by atoms with Crippen molar-refractivity contribution in [3.05, 3.63) is 35.5 Å². The molecule has 1 amide bonds. The van der Waals surface area contributed by atoms with E-state index in [2.05, 4.69) is 20.2 Å². The summed E-state index contributed by atoms with van der Waals surface area (Å²) in [6.45, 7) is 5.13. The molecular formula is C19H26N4O5S. The standard InChI is InChI=1S/C19H26N4O5S/c1-12-20-18(22-28-12)19(2,3)21-17(24)13-9-10-15(27-4)16(11-13)29(25,26)23-14-7-5-6-8-14/h9-11,14,23H,5-8H2,1-4H3,(H,21,24). The van der Waals surface area contributed by atoms with E-state index in [-0.39, 0.29) is 22.3 Å². The number of methoxy groups -OCH3 is 1. The molecule has 1 aliphatic carbocycles. The summed E-state index contributed by atoms with van der Waals surface area (Å²) in [6, 6.07) is 4.22. The van der Waals surface area contributed by atoms with Crippen LogP contribution < -0.4 is 14.8 Å². The summed E-state index contributed by atoms with van der Waals surface area (Å²) in [6.07, 6.45) is 3.61. The van der Waals surface area contributed by atoms with Crippen LogP contribution in [0.3, 0.4) is 0 Å². The Labute approximate surface area is 170 Å². The maximum Gasteiger partial charge on any atom is 0.252 e. The largest absolute Gasteiger partial charge is 0.495 e. The lowest BCUT2D eigenvalue weighted by Gasteiger charge is -2.22. The van der Waals surface area contributed by atoms with Crippen LogP contribution in [0.2, 0.25) is 0 Å². The highest BCUT2D eigenvalue weighted by atomic mass is 32.2. The van der Waals surface area contributed by atoms with Crippen LogP contribution in [0.1, 0.15) is 61.6 Å². The fourth-order valence-electron chi connectivity index (χ4n) is 3.32. The van der Waals surface area contributed by atoms with E-state index >= 15 is 0 Å². The third kappa shape index (κ3) is 4.76. The number of carbonyl (C=O) groups is 1. The van der Waals surface area contributed by atoms with Gasteiger partial charge in [0.15, 0.2) is 5.82 Å². The normalized spacial score (nSPS) is 15.4. The van der Waals surface area contributed by atoms with Crippen molar-refractivity contribution in [1.29, 1.82) is 0 Å². The first kappa shape index (κ1) is 21.3. The van der Waals surface area contributed by atoms with Gasteiger partial charge in [0.05, 0.1) is 12.6 Å². The molecular weight excluding hydrogens is 396 g/mol. The summed E-state index contributed by atoms with van der Waals surface area (Å²) in [7, 11) is -2.44. The zero-order valence-corrected chi connectivity index (χ0v) is 17.8. The Hall–Kier alpha value is -2.46. The Morgan fingerprint density at radius 2 is 1.97 bits per heavy atom. The van der Waals surface area contributed by atoms with Gasteiger partial charge in [0.25, 0.3) is 5.91 Å². The molecule has 1 fully saturated rings. The van der Waals surface area contributed by atoms with Crippen LogP contribution in [0.25, 0.3) is 0 Å². The van der Waals surface area contributed by atoms with Crippen molar-refractivity contribution < 1.29 is 22.5 Å². The van der Waals surface area contributed by atoms with Gasteiger partial charge in [-0.25, -0.2) is 13.1 Å². The number of nitrogens with zero attached hydrogens (tertiary/aromatic N) is 2. The molecule has 3 rings (SSSR count). The lowest BCUT2D eigenvalue weighted by molar-refractivity contribution is 0.0907. The third-order valence-corrected chi connectivity index (χ3v) is 6.45. The van der Waals surface area contributed by atoms with Crippen molar-refractivity contribution in [1.82, 2.24) is 20.2 Å². The summed E-state index contributed by atoms with van der Waals surface area (Å²) in [5.74, 6) is 0.434. The number of ether oxygens (including phenoxy) is 1. The number of sulfonamides is 1. The van der Waals surface area contributed by atoms with Crippen molar-refractivity contribution >= 4 is 15.9 Å². The van der Waals surface area contributed by atoms with E-state index in [9.17, 15) is 13.2 Å². The molecule has 1 heterocycles. The Morgan fingerprint density at radius 3 is 2.55 bits per heavy atom. The number of amides is 1. The second-order valence-electron chi connectivity index (χ2n) is 7.68. The van der Waals surface area contributed by atoms with E-state index < -0.39 is 21.5 Å². The van der Waals surface area contributed by atoms with Gasteiger partial charge in [-0.15, -0.1) is 0 Å². The van der Waals surface area contributed by atoms with Gasteiger partial charge in [0, 0.05) is 18.5 Å². The molecule has 29 heavy (non-hydrogen) atoms. The number of carbonyl (C=O) groups excluding carboxylic acids is 1. The molecule has 1 aliphatic rings. The quantitative estimate of drug-likeness (QED) is 0.701.